The normalized spacial score (nSPS) is 11.1. The number of rotatable bonds is 6. The fourth-order valence-electron chi connectivity index (χ4n) is 3.46. The molecule has 31 heavy (non-hydrogen) atoms. The molecule has 0 atom stereocenters. The van der Waals surface area contributed by atoms with Gasteiger partial charge in [-0.25, -0.2) is 9.78 Å². The van der Waals surface area contributed by atoms with Gasteiger partial charge in [-0.05, 0) is 92.0 Å². The largest absolute Gasteiger partial charge is 0.461 e. The molecule has 0 aliphatic heterocycles. The number of benzene rings is 2. The number of carbonyl (C=O) groups is 1. The van der Waals surface area contributed by atoms with Crippen LogP contribution in [0.25, 0.3) is 0 Å². The van der Waals surface area contributed by atoms with Crippen LogP contribution in [0, 0.1) is 13.8 Å². The van der Waals surface area contributed by atoms with Crippen LogP contribution >= 0.6 is 39.1 Å². The highest BCUT2D eigenvalue weighted by Crippen LogP contribution is 2.43. The number of hydrogen-bond donors (Lipinski definition) is 0. The van der Waals surface area contributed by atoms with Crippen molar-refractivity contribution in [3.63, 3.8) is 0 Å². The highest BCUT2D eigenvalue weighted by Gasteiger charge is 2.31. The minimum atomic E-state index is -0.492. The summed E-state index contributed by atoms with van der Waals surface area (Å²) in [7, 11) is 0. The lowest BCUT2D eigenvalue weighted by molar-refractivity contribution is 0.0521. The van der Waals surface area contributed by atoms with Gasteiger partial charge in [0.25, 0.3) is 0 Å². The first-order valence-electron chi connectivity index (χ1n) is 9.93. The average Bonchev–Trinajstić information content (AvgIpc) is 3.03. The van der Waals surface area contributed by atoms with E-state index in [0.717, 1.165) is 22.5 Å². The molecule has 0 fully saturated rings. The second kappa shape index (κ2) is 9.63. The van der Waals surface area contributed by atoms with Crippen LogP contribution in [-0.2, 0) is 4.74 Å². The first-order valence-corrected chi connectivity index (χ1v) is 11.5. The van der Waals surface area contributed by atoms with Crippen LogP contribution in [0.3, 0.4) is 0 Å². The molecule has 0 N–H and O–H groups in total. The standard InChI is InChI=1S/C23H24BrCl2N3O2/c1-6-31-22(30)20-21(28(13(2)3)23(24)27-20)29(18-10-9-16(25)11-15(18)5)19-12-17(26)8-7-14(19)4/h7-13H,6H2,1-5H3. The fourth-order valence-corrected chi connectivity index (χ4v) is 4.60. The first kappa shape index (κ1) is 23.6. The fraction of sp³-hybridized carbons (Fsp3) is 0.304. The summed E-state index contributed by atoms with van der Waals surface area (Å²) in [4.78, 5) is 19.4. The molecule has 8 heteroatoms. The molecule has 1 heterocycles. The van der Waals surface area contributed by atoms with Gasteiger partial charge in [-0.2, -0.15) is 0 Å². The van der Waals surface area contributed by atoms with E-state index in [1.807, 2.05) is 73.6 Å². The third-order valence-electron chi connectivity index (χ3n) is 4.85. The van der Waals surface area contributed by atoms with Gasteiger partial charge in [0, 0.05) is 16.1 Å². The van der Waals surface area contributed by atoms with Crippen LogP contribution in [0.15, 0.2) is 41.1 Å². The summed E-state index contributed by atoms with van der Waals surface area (Å²) in [5.74, 6) is 0.102. The van der Waals surface area contributed by atoms with Crippen molar-refractivity contribution < 1.29 is 9.53 Å². The lowest BCUT2D eigenvalue weighted by Gasteiger charge is -2.30. The number of esters is 1. The Labute approximate surface area is 201 Å². The molecule has 3 rings (SSSR count). The third kappa shape index (κ3) is 4.76. The lowest BCUT2D eigenvalue weighted by Crippen LogP contribution is -2.21. The summed E-state index contributed by atoms with van der Waals surface area (Å²) in [5, 5.41) is 1.22. The summed E-state index contributed by atoms with van der Waals surface area (Å²) < 4.78 is 7.83. The van der Waals surface area contributed by atoms with Crippen molar-refractivity contribution in [3.8, 4) is 0 Å². The zero-order valence-electron chi connectivity index (χ0n) is 18.0. The Morgan fingerprint density at radius 3 is 2.35 bits per heavy atom. The van der Waals surface area contributed by atoms with E-state index in [1.165, 1.54) is 0 Å². The van der Waals surface area contributed by atoms with Crippen LogP contribution in [0.5, 0.6) is 0 Å². The van der Waals surface area contributed by atoms with Crippen molar-refractivity contribution in [2.75, 3.05) is 11.5 Å². The molecule has 0 radical (unpaired) electrons. The van der Waals surface area contributed by atoms with Gasteiger partial charge in [0.1, 0.15) is 0 Å². The zero-order chi connectivity index (χ0) is 22.9. The Bertz CT molecular complexity index is 1130. The maximum Gasteiger partial charge on any atom is 0.360 e. The van der Waals surface area contributed by atoms with E-state index < -0.39 is 5.97 Å². The van der Waals surface area contributed by atoms with Crippen molar-refractivity contribution in [1.29, 1.82) is 0 Å². The summed E-state index contributed by atoms with van der Waals surface area (Å²) in [6.45, 7) is 10.1. The molecule has 0 amide bonds. The van der Waals surface area contributed by atoms with Gasteiger partial charge in [0.2, 0.25) is 0 Å². The number of nitrogens with zero attached hydrogens (tertiary/aromatic N) is 3. The molecule has 2 aromatic carbocycles. The number of imidazole rings is 1. The van der Waals surface area contributed by atoms with E-state index in [4.69, 9.17) is 27.9 Å². The molecule has 0 aliphatic rings. The minimum absolute atomic E-state index is 0.00893. The van der Waals surface area contributed by atoms with Crippen LogP contribution in [0.2, 0.25) is 10.0 Å². The van der Waals surface area contributed by atoms with Gasteiger partial charge in [-0.3, -0.25) is 4.90 Å². The van der Waals surface area contributed by atoms with Gasteiger partial charge < -0.3 is 9.30 Å². The number of aryl methyl sites for hydroxylation is 2. The van der Waals surface area contributed by atoms with Crippen LogP contribution < -0.4 is 4.90 Å². The van der Waals surface area contributed by atoms with Gasteiger partial charge >= 0.3 is 5.97 Å². The van der Waals surface area contributed by atoms with Crippen molar-refractivity contribution in [1.82, 2.24) is 9.55 Å². The Hall–Kier alpha value is -2.02. The van der Waals surface area contributed by atoms with E-state index in [-0.39, 0.29) is 18.3 Å². The smallest absolute Gasteiger partial charge is 0.360 e. The maximum absolute atomic E-state index is 12.9. The average molecular weight is 525 g/mol. The van der Waals surface area contributed by atoms with Crippen LogP contribution in [0.4, 0.5) is 17.2 Å². The molecule has 0 unspecified atom stereocenters. The number of halogens is 3. The van der Waals surface area contributed by atoms with E-state index >= 15 is 0 Å². The molecule has 1 aromatic heterocycles. The third-order valence-corrected chi connectivity index (χ3v) is 5.88. The van der Waals surface area contributed by atoms with Gasteiger partial charge in [0.05, 0.1) is 18.0 Å². The molecule has 164 valence electrons. The Morgan fingerprint density at radius 2 is 1.74 bits per heavy atom. The number of aromatic nitrogens is 2. The van der Waals surface area contributed by atoms with Gasteiger partial charge in [-0.15, -0.1) is 0 Å². The zero-order valence-corrected chi connectivity index (χ0v) is 21.1. The maximum atomic E-state index is 12.9. The van der Waals surface area contributed by atoms with Crippen LogP contribution in [0.1, 0.15) is 48.4 Å². The quantitative estimate of drug-likeness (QED) is 0.308. The van der Waals surface area contributed by atoms with E-state index in [9.17, 15) is 4.79 Å². The van der Waals surface area contributed by atoms with Gasteiger partial charge in [-0.1, -0.05) is 29.3 Å². The summed E-state index contributed by atoms with van der Waals surface area (Å²) >= 11 is 16.2. The predicted molar refractivity (Wildman–Crippen MR) is 130 cm³/mol. The number of carbonyl (C=O) groups excluding carboxylic acids is 1. The number of hydrogen-bond acceptors (Lipinski definition) is 4. The molecule has 3 aromatic rings. The van der Waals surface area contributed by atoms with Crippen molar-refractivity contribution >= 4 is 62.3 Å². The predicted octanol–water partition coefficient (Wildman–Crippen LogP) is 7.80. The number of ether oxygens (including phenoxy) is 1. The molecule has 0 saturated carbocycles. The molecule has 0 bridgehead atoms. The molecular weight excluding hydrogens is 501 g/mol. The van der Waals surface area contributed by atoms with Crippen molar-refractivity contribution in [2.45, 2.75) is 40.7 Å². The van der Waals surface area contributed by atoms with E-state index in [1.54, 1.807) is 6.92 Å². The van der Waals surface area contributed by atoms with E-state index in [0.29, 0.717) is 20.6 Å². The Morgan fingerprint density at radius 1 is 1.10 bits per heavy atom. The van der Waals surface area contributed by atoms with Crippen LogP contribution in [-0.4, -0.2) is 22.1 Å². The second-order valence-electron chi connectivity index (χ2n) is 7.43. The summed E-state index contributed by atoms with van der Waals surface area (Å²) in [5.41, 5.74) is 3.83. The molecular formula is C23H24BrCl2N3O2. The topological polar surface area (TPSA) is 47.4 Å². The number of anilines is 3. The molecule has 0 aliphatic carbocycles. The van der Waals surface area contributed by atoms with E-state index in [2.05, 4.69) is 20.9 Å². The molecule has 0 saturated heterocycles. The van der Waals surface area contributed by atoms with Crippen molar-refractivity contribution in [2.24, 2.45) is 0 Å². The summed E-state index contributed by atoms with van der Waals surface area (Å²) in [6.07, 6.45) is 0. The molecule has 5 nitrogen and oxygen atoms in total. The highest BCUT2D eigenvalue weighted by atomic mass is 79.9. The molecule has 0 spiro atoms. The first-order chi connectivity index (χ1) is 14.6. The highest BCUT2D eigenvalue weighted by molar-refractivity contribution is 9.10. The van der Waals surface area contributed by atoms with Crippen molar-refractivity contribution in [3.05, 3.63) is 68.0 Å². The lowest BCUT2D eigenvalue weighted by atomic mass is 10.1. The Kier molecular flexibility index (Phi) is 7.35. The summed E-state index contributed by atoms with van der Waals surface area (Å²) in [6, 6.07) is 11.3. The van der Waals surface area contributed by atoms with Gasteiger partial charge in [0.15, 0.2) is 16.2 Å². The minimum Gasteiger partial charge on any atom is -0.461 e. The Balaban J connectivity index is 2.43. The second-order valence-corrected chi connectivity index (χ2v) is 9.02. The SMILES string of the molecule is CCOC(=O)c1nc(Br)n(C(C)C)c1N(c1ccc(Cl)cc1C)c1cc(Cl)ccc1C. The monoisotopic (exact) mass is 523 g/mol.